The average Bonchev–Trinajstić information content (AvgIpc) is 2.18. The highest BCUT2D eigenvalue weighted by Gasteiger charge is 2.66. The minimum atomic E-state index is -0.417. The second kappa shape index (κ2) is 1.89. The molecule has 0 heterocycles. The molecule has 2 unspecified atom stereocenters. The van der Waals surface area contributed by atoms with E-state index >= 15 is 0 Å². The molecule has 2 fully saturated rings. The average molecular weight is 168 g/mol. The molecule has 0 radical (unpaired) electrons. The van der Waals surface area contributed by atoms with Crippen LogP contribution in [0.25, 0.3) is 0 Å². The van der Waals surface area contributed by atoms with Crippen LogP contribution in [0.1, 0.15) is 47.0 Å². The number of hydrogen-bond donors (Lipinski definition) is 1. The Morgan fingerprint density at radius 2 is 1.75 bits per heavy atom. The molecule has 0 aliphatic heterocycles. The van der Waals surface area contributed by atoms with Gasteiger partial charge in [0.05, 0.1) is 5.60 Å². The molecule has 2 aliphatic carbocycles. The van der Waals surface area contributed by atoms with E-state index in [0.29, 0.717) is 5.41 Å². The summed E-state index contributed by atoms with van der Waals surface area (Å²) >= 11 is 0. The molecule has 3 atom stereocenters. The molecule has 12 heavy (non-hydrogen) atoms. The third-order valence-electron chi connectivity index (χ3n) is 5.27. The monoisotopic (exact) mass is 168 g/mol. The van der Waals surface area contributed by atoms with Gasteiger partial charge in [0.2, 0.25) is 0 Å². The summed E-state index contributed by atoms with van der Waals surface area (Å²) in [5.74, 6) is 0.748. The van der Waals surface area contributed by atoms with Gasteiger partial charge in [-0.3, -0.25) is 0 Å². The van der Waals surface area contributed by atoms with Crippen molar-refractivity contribution in [2.75, 3.05) is 0 Å². The maximum atomic E-state index is 10.3. The maximum Gasteiger partial charge on any atom is 0.0681 e. The smallest absolute Gasteiger partial charge is 0.0681 e. The number of fused-ring (bicyclic) bond motifs is 2. The Morgan fingerprint density at radius 3 is 1.92 bits per heavy atom. The molecule has 0 aromatic carbocycles. The summed E-state index contributed by atoms with van der Waals surface area (Å²) in [5.41, 5.74) is 0.0839. The first kappa shape index (κ1) is 8.55. The zero-order chi connectivity index (χ0) is 9.20. The van der Waals surface area contributed by atoms with E-state index in [9.17, 15) is 5.11 Å². The van der Waals surface area contributed by atoms with Crippen molar-refractivity contribution in [3.8, 4) is 0 Å². The van der Waals surface area contributed by atoms with Crippen LogP contribution in [0, 0.1) is 16.7 Å². The lowest BCUT2D eigenvalue weighted by molar-refractivity contribution is -0.0745. The van der Waals surface area contributed by atoms with Crippen LogP contribution in [0.5, 0.6) is 0 Å². The second-order valence-corrected chi connectivity index (χ2v) is 5.77. The molecule has 0 aromatic rings. The largest absolute Gasteiger partial charge is 0.390 e. The Labute approximate surface area is 75.2 Å². The molecular weight excluding hydrogens is 148 g/mol. The van der Waals surface area contributed by atoms with E-state index in [4.69, 9.17) is 0 Å². The zero-order valence-electron chi connectivity index (χ0n) is 8.65. The predicted octanol–water partition coefficient (Wildman–Crippen LogP) is 2.58. The van der Waals surface area contributed by atoms with Crippen molar-refractivity contribution in [2.45, 2.75) is 52.6 Å². The molecular formula is C11H20O. The van der Waals surface area contributed by atoms with E-state index in [1.807, 2.05) is 6.92 Å². The van der Waals surface area contributed by atoms with E-state index in [1.54, 1.807) is 0 Å². The first-order valence-electron chi connectivity index (χ1n) is 5.04. The van der Waals surface area contributed by atoms with Crippen LogP contribution in [0.3, 0.4) is 0 Å². The molecule has 0 amide bonds. The highest BCUT2D eigenvalue weighted by atomic mass is 16.3. The number of hydrogen-bond acceptors (Lipinski definition) is 1. The molecule has 1 N–H and O–H groups in total. The summed E-state index contributed by atoms with van der Waals surface area (Å²) in [6.07, 6.45) is 3.54. The van der Waals surface area contributed by atoms with Crippen molar-refractivity contribution >= 4 is 0 Å². The van der Waals surface area contributed by atoms with Crippen LogP contribution in [0.15, 0.2) is 0 Å². The molecule has 2 aliphatic rings. The van der Waals surface area contributed by atoms with Gasteiger partial charge < -0.3 is 5.11 Å². The van der Waals surface area contributed by atoms with Crippen LogP contribution in [-0.4, -0.2) is 10.7 Å². The van der Waals surface area contributed by atoms with Gasteiger partial charge in [0.25, 0.3) is 0 Å². The van der Waals surface area contributed by atoms with E-state index in [2.05, 4.69) is 20.8 Å². The van der Waals surface area contributed by atoms with Crippen molar-refractivity contribution in [1.82, 2.24) is 0 Å². The van der Waals surface area contributed by atoms with Gasteiger partial charge in [0.15, 0.2) is 0 Å². The predicted molar refractivity (Wildman–Crippen MR) is 49.9 cm³/mol. The lowest BCUT2D eigenvalue weighted by Crippen LogP contribution is -2.44. The van der Waals surface area contributed by atoms with Crippen molar-refractivity contribution in [2.24, 2.45) is 16.7 Å². The van der Waals surface area contributed by atoms with E-state index in [1.165, 1.54) is 12.8 Å². The minimum Gasteiger partial charge on any atom is -0.390 e. The zero-order valence-corrected chi connectivity index (χ0v) is 8.65. The lowest BCUT2D eigenvalue weighted by Gasteiger charge is -2.43. The fourth-order valence-corrected chi connectivity index (χ4v) is 3.62. The second-order valence-electron chi connectivity index (χ2n) is 5.77. The summed E-state index contributed by atoms with van der Waals surface area (Å²) in [5, 5.41) is 10.3. The first-order chi connectivity index (χ1) is 5.31. The van der Waals surface area contributed by atoms with Crippen LogP contribution in [0.2, 0.25) is 0 Å². The SMILES string of the molecule is CC1(C)C2CCC1(C)[C@](C)(O)C2. The van der Waals surface area contributed by atoms with Gasteiger partial charge in [-0.05, 0) is 37.5 Å². The van der Waals surface area contributed by atoms with Gasteiger partial charge in [-0.2, -0.15) is 0 Å². The first-order valence-corrected chi connectivity index (χ1v) is 5.04. The number of aliphatic hydroxyl groups is 1. The molecule has 1 heteroatoms. The summed E-state index contributed by atoms with van der Waals surface area (Å²) in [6, 6.07) is 0. The highest BCUT2D eigenvalue weighted by molar-refractivity contribution is 5.16. The Bertz CT molecular complexity index is 217. The van der Waals surface area contributed by atoms with Gasteiger partial charge in [0, 0.05) is 5.41 Å². The number of rotatable bonds is 0. The fraction of sp³-hybridized carbons (Fsp3) is 1.00. The van der Waals surface area contributed by atoms with Crippen LogP contribution in [0.4, 0.5) is 0 Å². The molecule has 2 bridgehead atoms. The Balaban J connectivity index is 2.47. The van der Waals surface area contributed by atoms with E-state index in [-0.39, 0.29) is 5.41 Å². The minimum absolute atomic E-state index is 0.157. The van der Waals surface area contributed by atoms with Crippen molar-refractivity contribution in [3.63, 3.8) is 0 Å². The molecule has 0 spiro atoms. The highest BCUT2D eigenvalue weighted by Crippen LogP contribution is 2.69. The van der Waals surface area contributed by atoms with Gasteiger partial charge in [-0.25, -0.2) is 0 Å². The molecule has 1 nitrogen and oxygen atoms in total. The van der Waals surface area contributed by atoms with Crippen molar-refractivity contribution < 1.29 is 5.11 Å². The van der Waals surface area contributed by atoms with Gasteiger partial charge in [-0.1, -0.05) is 20.8 Å². The van der Waals surface area contributed by atoms with E-state index < -0.39 is 5.60 Å². The molecule has 2 saturated carbocycles. The normalized spacial score (nSPS) is 56.2. The fourth-order valence-electron chi connectivity index (χ4n) is 3.62. The Hall–Kier alpha value is -0.0400. The van der Waals surface area contributed by atoms with Gasteiger partial charge >= 0.3 is 0 Å². The third kappa shape index (κ3) is 0.654. The summed E-state index contributed by atoms with van der Waals surface area (Å²) < 4.78 is 0. The summed E-state index contributed by atoms with van der Waals surface area (Å²) in [7, 11) is 0. The molecule has 0 saturated heterocycles. The Morgan fingerprint density at radius 1 is 1.17 bits per heavy atom. The topological polar surface area (TPSA) is 20.2 Å². The van der Waals surface area contributed by atoms with Gasteiger partial charge in [0.1, 0.15) is 0 Å². The van der Waals surface area contributed by atoms with Crippen molar-refractivity contribution in [1.29, 1.82) is 0 Å². The summed E-state index contributed by atoms with van der Waals surface area (Å²) in [4.78, 5) is 0. The van der Waals surface area contributed by atoms with Crippen LogP contribution < -0.4 is 0 Å². The standard InChI is InChI=1S/C11H20O/c1-9(2)8-5-6-10(9,3)11(4,12)7-8/h8,12H,5-7H2,1-4H3/t8?,10?,11-/m1/s1. The summed E-state index contributed by atoms with van der Waals surface area (Å²) in [6.45, 7) is 8.94. The third-order valence-corrected chi connectivity index (χ3v) is 5.27. The Kier molecular flexibility index (Phi) is 1.35. The quantitative estimate of drug-likeness (QED) is 0.589. The maximum absolute atomic E-state index is 10.3. The molecule has 70 valence electrons. The van der Waals surface area contributed by atoms with Crippen LogP contribution in [-0.2, 0) is 0 Å². The van der Waals surface area contributed by atoms with E-state index in [0.717, 1.165) is 12.3 Å². The van der Waals surface area contributed by atoms with Crippen LogP contribution >= 0.6 is 0 Å². The lowest BCUT2D eigenvalue weighted by atomic mass is 9.65. The molecule has 0 aromatic heterocycles. The van der Waals surface area contributed by atoms with Crippen molar-refractivity contribution in [3.05, 3.63) is 0 Å². The molecule has 2 rings (SSSR count). The van der Waals surface area contributed by atoms with Gasteiger partial charge in [-0.15, -0.1) is 0 Å².